The summed E-state index contributed by atoms with van der Waals surface area (Å²) in [5, 5.41) is 24.6. The lowest BCUT2D eigenvalue weighted by Gasteiger charge is -2.03. The second kappa shape index (κ2) is 6.34. The molecule has 4 rings (SSSR count). The zero-order valence-electron chi connectivity index (χ0n) is 13.7. The van der Waals surface area contributed by atoms with Gasteiger partial charge in [-0.3, -0.25) is 4.68 Å². The molecule has 0 bridgehead atoms. The van der Waals surface area contributed by atoms with Gasteiger partial charge in [0.05, 0.1) is 17.6 Å². The van der Waals surface area contributed by atoms with Gasteiger partial charge in [-0.05, 0) is 49.7 Å². The van der Waals surface area contributed by atoms with Crippen LogP contribution in [0.15, 0.2) is 17.8 Å². The first-order chi connectivity index (χ1) is 12.1. The SMILES string of the molecule is O=C(O)c1cn(CCCCc2cc3c(nn2)CC(C2CC2)=C3F)nn1. The summed E-state index contributed by atoms with van der Waals surface area (Å²) in [5.41, 5.74) is 3.01. The van der Waals surface area contributed by atoms with E-state index in [4.69, 9.17) is 5.11 Å². The van der Waals surface area contributed by atoms with Gasteiger partial charge in [0.2, 0.25) is 0 Å². The summed E-state index contributed by atoms with van der Waals surface area (Å²) in [6, 6.07) is 1.82. The van der Waals surface area contributed by atoms with Gasteiger partial charge in [-0.1, -0.05) is 5.21 Å². The number of carboxylic acids is 1. The van der Waals surface area contributed by atoms with Gasteiger partial charge in [0, 0.05) is 18.5 Å². The molecule has 2 aromatic heterocycles. The molecule has 0 saturated heterocycles. The van der Waals surface area contributed by atoms with Crippen molar-refractivity contribution in [3.8, 4) is 0 Å². The highest BCUT2D eigenvalue weighted by atomic mass is 19.1. The molecule has 2 aliphatic rings. The lowest BCUT2D eigenvalue weighted by atomic mass is 10.1. The Balaban J connectivity index is 1.32. The molecule has 1 fully saturated rings. The predicted octanol–water partition coefficient (Wildman–Crippen LogP) is 2.44. The monoisotopic (exact) mass is 343 g/mol. The second-order valence-electron chi connectivity index (χ2n) is 6.62. The van der Waals surface area contributed by atoms with Crippen molar-refractivity contribution in [2.45, 2.75) is 45.1 Å². The maximum absolute atomic E-state index is 14.5. The van der Waals surface area contributed by atoms with Crippen LogP contribution in [0.4, 0.5) is 4.39 Å². The number of unbranched alkanes of at least 4 members (excludes halogenated alkanes) is 1. The lowest BCUT2D eigenvalue weighted by molar-refractivity contribution is 0.0690. The van der Waals surface area contributed by atoms with Crippen molar-refractivity contribution in [1.82, 2.24) is 25.2 Å². The molecule has 0 amide bonds. The Morgan fingerprint density at radius 3 is 2.84 bits per heavy atom. The molecule has 0 aromatic carbocycles. The number of allylic oxidation sites excluding steroid dienone is 1. The van der Waals surface area contributed by atoms with Gasteiger partial charge in [-0.25, -0.2) is 9.18 Å². The highest BCUT2D eigenvalue weighted by molar-refractivity contribution is 5.84. The molecule has 2 aliphatic carbocycles. The van der Waals surface area contributed by atoms with Crippen LogP contribution in [0.5, 0.6) is 0 Å². The zero-order chi connectivity index (χ0) is 17.4. The van der Waals surface area contributed by atoms with E-state index in [1.54, 1.807) is 0 Å². The fourth-order valence-electron chi connectivity index (χ4n) is 3.17. The van der Waals surface area contributed by atoms with Gasteiger partial charge in [-0.15, -0.1) is 5.10 Å². The Morgan fingerprint density at radius 1 is 1.28 bits per heavy atom. The van der Waals surface area contributed by atoms with E-state index in [0.717, 1.165) is 42.6 Å². The molecular weight excluding hydrogens is 325 g/mol. The average molecular weight is 343 g/mol. The minimum absolute atomic E-state index is 0.0572. The number of rotatable bonds is 7. The van der Waals surface area contributed by atoms with Gasteiger partial charge >= 0.3 is 5.97 Å². The molecule has 0 spiro atoms. The highest BCUT2D eigenvalue weighted by Gasteiger charge is 2.34. The van der Waals surface area contributed by atoms with Crippen molar-refractivity contribution in [1.29, 1.82) is 0 Å². The van der Waals surface area contributed by atoms with E-state index in [-0.39, 0.29) is 11.5 Å². The molecule has 0 radical (unpaired) electrons. The molecule has 130 valence electrons. The Labute approximate surface area is 143 Å². The third-order valence-corrected chi connectivity index (χ3v) is 4.70. The Bertz CT molecular complexity index is 856. The van der Waals surface area contributed by atoms with Crippen molar-refractivity contribution in [2.24, 2.45) is 5.92 Å². The molecule has 2 heterocycles. The summed E-state index contributed by atoms with van der Waals surface area (Å²) in [5.74, 6) is -0.756. The number of halogens is 1. The van der Waals surface area contributed by atoms with Gasteiger partial charge in [0.25, 0.3) is 0 Å². The Kier molecular flexibility index (Phi) is 4.03. The Hall–Kier alpha value is -2.64. The predicted molar refractivity (Wildman–Crippen MR) is 86.4 cm³/mol. The number of nitrogens with zero attached hydrogens (tertiary/aromatic N) is 5. The topological polar surface area (TPSA) is 93.8 Å². The number of hydrogen-bond donors (Lipinski definition) is 1. The molecule has 0 aliphatic heterocycles. The normalized spacial score (nSPS) is 16.4. The number of hydrogen-bond acceptors (Lipinski definition) is 5. The van der Waals surface area contributed by atoms with Crippen molar-refractivity contribution in [2.75, 3.05) is 0 Å². The van der Waals surface area contributed by atoms with Crippen LogP contribution in [0.2, 0.25) is 0 Å². The van der Waals surface area contributed by atoms with E-state index in [9.17, 15) is 9.18 Å². The molecule has 2 aromatic rings. The van der Waals surface area contributed by atoms with Crippen molar-refractivity contribution >= 4 is 11.8 Å². The Morgan fingerprint density at radius 2 is 2.12 bits per heavy atom. The zero-order valence-corrected chi connectivity index (χ0v) is 13.7. The molecule has 1 saturated carbocycles. The third-order valence-electron chi connectivity index (χ3n) is 4.70. The van der Waals surface area contributed by atoms with Crippen molar-refractivity contribution in [3.63, 3.8) is 0 Å². The number of aromatic carboxylic acids is 1. The van der Waals surface area contributed by atoms with E-state index in [2.05, 4.69) is 20.5 Å². The first kappa shape index (κ1) is 15.9. The number of aryl methyl sites for hydroxylation is 2. The lowest BCUT2D eigenvalue weighted by Crippen LogP contribution is -2.02. The van der Waals surface area contributed by atoms with Crippen LogP contribution in [0.1, 0.15) is 53.1 Å². The number of carbonyl (C=O) groups is 1. The highest BCUT2D eigenvalue weighted by Crippen LogP contribution is 2.46. The average Bonchev–Trinajstić information content (AvgIpc) is 3.24. The summed E-state index contributed by atoms with van der Waals surface area (Å²) in [7, 11) is 0. The number of fused-ring (bicyclic) bond motifs is 1. The van der Waals surface area contributed by atoms with Gasteiger partial charge in [0.15, 0.2) is 5.69 Å². The maximum atomic E-state index is 14.5. The van der Waals surface area contributed by atoms with Crippen LogP contribution < -0.4 is 0 Å². The molecule has 8 heteroatoms. The molecule has 25 heavy (non-hydrogen) atoms. The van der Waals surface area contributed by atoms with Crippen LogP contribution in [0, 0.1) is 5.92 Å². The van der Waals surface area contributed by atoms with Crippen LogP contribution in [-0.4, -0.2) is 36.3 Å². The largest absolute Gasteiger partial charge is 0.476 e. The van der Waals surface area contributed by atoms with E-state index in [1.165, 1.54) is 10.9 Å². The summed E-state index contributed by atoms with van der Waals surface area (Å²) >= 11 is 0. The molecule has 0 unspecified atom stereocenters. The van der Waals surface area contributed by atoms with E-state index >= 15 is 0 Å². The molecule has 1 N–H and O–H groups in total. The molecular formula is C17H18FN5O2. The molecule has 0 atom stereocenters. The minimum atomic E-state index is -1.08. The summed E-state index contributed by atoms with van der Waals surface area (Å²) < 4.78 is 16.0. The first-order valence-electron chi connectivity index (χ1n) is 8.49. The first-order valence-corrected chi connectivity index (χ1v) is 8.49. The van der Waals surface area contributed by atoms with Gasteiger partial charge in [-0.2, -0.15) is 10.2 Å². The maximum Gasteiger partial charge on any atom is 0.358 e. The van der Waals surface area contributed by atoms with Crippen LogP contribution in [0.3, 0.4) is 0 Å². The fraction of sp³-hybridized carbons (Fsp3) is 0.471. The van der Waals surface area contributed by atoms with E-state index in [0.29, 0.717) is 30.9 Å². The van der Waals surface area contributed by atoms with E-state index in [1.807, 2.05) is 6.07 Å². The standard InChI is InChI=1S/C17H18FN5O2/c18-16-12(10-4-5-10)8-14-13(16)7-11(19-20-14)3-1-2-6-23-9-15(17(24)25)21-22-23/h7,9-10H,1-6,8H2,(H,24,25). The second-order valence-corrected chi connectivity index (χ2v) is 6.62. The smallest absolute Gasteiger partial charge is 0.358 e. The van der Waals surface area contributed by atoms with Gasteiger partial charge < -0.3 is 5.11 Å². The minimum Gasteiger partial charge on any atom is -0.476 e. The number of carboxylic acid groups (broad SMARTS) is 1. The fourth-order valence-corrected chi connectivity index (χ4v) is 3.17. The summed E-state index contributed by atoms with van der Waals surface area (Å²) in [6.45, 7) is 0.582. The molecule has 7 nitrogen and oxygen atoms in total. The van der Waals surface area contributed by atoms with Crippen molar-refractivity contribution in [3.05, 3.63) is 40.5 Å². The van der Waals surface area contributed by atoms with Crippen LogP contribution in [0.25, 0.3) is 5.83 Å². The van der Waals surface area contributed by atoms with Crippen LogP contribution >= 0.6 is 0 Å². The number of aromatic nitrogens is 5. The van der Waals surface area contributed by atoms with Crippen molar-refractivity contribution < 1.29 is 14.3 Å². The quantitative estimate of drug-likeness (QED) is 0.776. The van der Waals surface area contributed by atoms with Gasteiger partial charge in [0.1, 0.15) is 5.83 Å². The third kappa shape index (κ3) is 3.29. The summed E-state index contributed by atoms with van der Waals surface area (Å²) in [4.78, 5) is 10.8. The van der Waals surface area contributed by atoms with Crippen LogP contribution in [-0.2, 0) is 19.4 Å². The van der Waals surface area contributed by atoms with E-state index < -0.39 is 5.97 Å². The summed E-state index contributed by atoms with van der Waals surface area (Å²) in [6.07, 6.45) is 6.52.